The number of rotatable bonds is 8. The summed E-state index contributed by atoms with van der Waals surface area (Å²) in [5.41, 5.74) is -0.847. The van der Waals surface area contributed by atoms with Crippen LogP contribution in [0, 0.1) is 11.3 Å². The van der Waals surface area contributed by atoms with E-state index < -0.39 is 47.5 Å². The minimum absolute atomic E-state index is 0.0307. The molecule has 39 heavy (non-hydrogen) atoms. The van der Waals surface area contributed by atoms with Crippen LogP contribution in [0.25, 0.3) is 0 Å². The number of nitrogens with zero attached hydrogens (tertiary/aromatic N) is 3. The molecule has 2 saturated heterocycles. The van der Waals surface area contributed by atoms with E-state index in [1.54, 1.807) is 25.7 Å². The summed E-state index contributed by atoms with van der Waals surface area (Å²) < 4.78 is 44.1. The van der Waals surface area contributed by atoms with Crippen molar-refractivity contribution in [2.24, 2.45) is 0 Å². The molecule has 2 aliphatic heterocycles. The lowest BCUT2D eigenvalue weighted by Gasteiger charge is -2.31. The fourth-order valence-corrected chi connectivity index (χ4v) is 5.05. The van der Waals surface area contributed by atoms with E-state index in [2.05, 4.69) is 16.7 Å². The highest BCUT2D eigenvalue weighted by atomic mass is 19.4. The molecule has 9 nitrogen and oxygen atoms in total. The number of amides is 2. The Balaban J connectivity index is 1.71. The second kappa shape index (κ2) is 12.3. The van der Waals surface area contributed by atoms with Crippen LogP contribution in [-0.2, 0) is 20.5 Å². The highest BCUT2D eigenvalue weighted by molar-refractivity contribution is 5.86. The average Bonchev–Trinajstić information content (AvgIpc) is 3.48. The maximum Gasteiger partial charge on any atom is 0.416 e. The Morgan fingerprint density at radius 1 is 1.23 bits per heavy atom. The largest absolute Gasteiger partial charge is 0.444 e. The third-order valence-electron chi connectivity index (χ3n) is 6.92. The number of nitriles is 1. The molecule has 0 aromatic heterocycles. The van der Waals surface area contributed by atoms with Gasteiger partial charge in [-0.25, -0.2) is 4.79 Å². The molecular formula is C27H36F3N5O4. The van der Waals surface area contributed by atoms with Gasteiger partial charge in [0.25, 0.3) is 0 Å². The van der Waals surface area contributed by atoms with Crippen molar-refractivity contribution in [1.29, 1.82) is 5.26 Å². The van der Waals surface area contributed by atoms with E-state index in [0.717, 1.165) is 18.4 Å². The van der Waals surface area contributed by atoms with E-state index in [1.807, 2.05) is 6.92 Å². The molecule has 0 saturated carbocycles. The summed E-state index contributed by atoms with van der Waals surface area (Å²) in [7, 11) is 0. The Kier molecular flexibility index (Phi) is 9.61. The van der Waals surface area contributed by atoms with Crippen LogP contribution in [0.5, 0.6) is 0 Å². The summed E-state index contributed by atoms with van der Waals surface area (Å²) in [6.45, 7) is 7.73. The number of hydrogen-bond donors (Lipinski definition) is 2. The quantitative estimate of drug-likeness (QED) is 0.476. The summed E-state index contributed by atoms with van der Waals surface area (Å²) in [6, 6.07) is 4.41. The summed E-state index contributed by atoms with van der Waals surface area (Å²) >= 11 is 0. The molecule has 12 heteroatoms. The maximum absolute atomic E-state index is 13.4. The van der Waals surface area contributed by atoms with Gasteiger partial charge < -0.3 is 25.1 Å². The average molecular weight is 552 g/mol. The second-order valence-corrected chi connectivity index (χ2v) is 11.1. The molecule has 2 fully saturated rings. The Morgan fingerprint density at radius 2 is 1.90 bits per heavy atom. The number of carbonyl (C=O) groups is 3. The van der Waals surface area contributed by atoms with Gasteiger partial charge in [-0.15, -0.1) is 0 Å². The topological polar surface area (TPSA) is 115 Å². The highest BCUT2D eigenvalue weighted by Gasteiger charge is 2.39. The number of aldehydes is 1. The van der Waals surface area contributed by atoms with Crippen molar-refractivity contribution in [1.82, 2.24) is 20.4 Å². The molecule has 1 aromatic rings. The van der Waals surface area contributed by atoms with Gasteiger partial charge in [-0.3, -0.25) is 9.69 Å². The number of alkyl halides is 3. The van der Waals surface area contributed by atoms with Crippen molar-refractivity contribution in [3.63, 3.8) is 0 Å². The standard InChI is InChI=1S/C27H36F3N5O4/c1-17(18-7-9-19(10-8-18)27(28,29)30)32-20-12-22(16-36)34(14-20)15-23(33-25(38)39-26(2,3)4)24(37)35-11-5-6-21(35)13-31/h7-10,16-17,20-23,32H,5-6,11-12,14-15H2,1-4H3,(H,33,38). The minimum atomic E-state index is -4.41. The van der Waals surface area contributed by atoms with E-state index in [-0.39, 0.29) is 18.6 Å². The molecule has 2 amide bonds. The Bertz CT molecular complexity index is 1070. The fraction of sp³-hybridized carbons (Fsp3) is 0.630. The number of carbonyl (C=O) groups excluding carboxylic acids is 3. The van der Waals surface area contributed by atoms with Crippen molar-refractivity contribution in [3.8, 4) is 6.07 Å². The fourth-order valence-electron chi connectivity index (χ4n) is 5.05. The first-order valence-electron chi connectivity index (χ1n) is 13.0. The lowest BCUT2D eigenvalue weighted by atomic mass is 10.0. The van der Waals surface area contributed by atoms with Crippen molar-refractivity contribution in [3.05, 3.63) is 35.4 Å². The Morgan fingerprint density at radius 3 is 2.46 bits per heavy atom. The van der Waals surface area contributed by atoms with E-state index in [9.17, 15) is 32.8 Å². The van der Waals surface area contributed by atoms with E-state index in [4.69, 9.17) is 4.74 Å². The van der Waals surface area contributed by atoms with Gasteiger partial charge in [0.2, 0.25) is 5.91 Å². The van der Waals surface area contributed by atoms with Crippen LogP contribution in [0.2, 0.25) is 0 Å². The number of benzene rings is 1. The first-order valence-corrected chi connectivity index (χ1v) is 13.0. The molecule has 214 valence electrons. The van der Waals surface area contributed by atoms with Crippen LogP contribution in [-0.4, -0.2) is 77.5 Å². The zero-order valence-corrected chi connectivity index (χ0v) is 22.6. The highest BCUT2D eigenvalue weighted by Crippen LogP contribution is 2.30. The molecule has 2 aliphatic rings. The molecule has 0 spiro atoms. The number of ether oxygens (including phenoxy) is 1. The zero-order valence-electron chi connectivity index (χ0n) is 22.6. The Labute approximate surface area is 226 Å². The molecule has 0 aliphatic carbocycles. The summed E-state index contributed by atoms with van der Waals surface area (Å²) in [5, 5.41) is 15.5. The first-order chi connectivity index (χ1) is 18.2. The van der Waals surface area contributed by atoms with Crippen LogP contribution in [0.3, 0.4) is 0 Å². The number of nitrogens with one attached hydrogen (secondary N) is 2. The molecule has 2 heterocycles. The summed E-state index contributed by atoms with van der Waals surface area (Å²) in [6.07, 6.45) is -2.75. The smallest absolute Gasteiger partial charge is 0.416 e. The second-order valence-electron chi connectivity index (χ2n) is 11.1. The van der Waals surface area contributed by atoms with Crippen LogP contribution in [0.4, 0.5) is 18.0 Å². The molecule has 5 unspecified atom stereocenters. The summed E-state index contributed by atoms with van der Waals surface area (Å²) in [4.78, 5) is 41.2. The van der Waals surface area contributed by atoms with Crippen LogP contribution < -0.4 is 10.6 Å². The van der Waals surface area contributed by atoms with Crippen molar-refractivity contribution < 1.29 is 32.3 Å². The van der Waals surface area contributed by atoms with Gasteiger partial charge in [-0.1, -0.05) is 12.1 Å². The van der Waals surface area contributed by atoms with Crippen molar-refractivity contribution >= 4 is 18.3 Å². The summed E-state index contributed by atoms with van der Waals surface area (Å²) in [5.74, 6) is -0.413. The monoisotopic (exact) mass is 551 g/mol. The van der Waals surface area contributed by atoms with Gasteiger partial charge in [0.1, 0.15) is 24.0 Å². The molecule has 0 bridgehead atoms. The number of likely N-dealkylation sites (tertiary alicyclic amines) is 2. The lowest BCUT2D eigenvalue weighted by molar-refractivity contribution is -0.137. The first kappa shape index (κ1) is 30.4. The minimum Gasteiger partial charge on any atom is -0.444 e. The number of hydrogen-bond acceptors (Lipinski definition) is 7. The van der Waals surface area contributed by atoms with Crippen molar-refractivity contribution in [2.75, 3.05) is 19.6 Å². The van der Waals surface area contributed by atoms with Crippen LogP contribution in [0.1, 0.15) is 64.1 Å². The SMILES string of the molecule is CC(NC1CC(C=O)N(CC(NC(=O)OC(C)(C)C)C(=O)N2CCCC2C#N)C1)c1ccc(C(F)(F)F)cc1. The van der Waals surface area contributed by atoms with Gasteiger partial charge in [0, 0.05) is 31.7 Å². The van der Waals surface area contributed by atoms with Crippen molar-refractivity contribution in [2.45, 2.75) is 88.9 Å². The predicted octanol–water partition coefficient (Wildman–Crippen LogP) is 3.41. The van der Waals surface area contributed by atoms with E-state index in [0.29, 0.717) is 37.9 Å². The third kappa shape index (κ3) is 8.16. The van der Waals surface area contributed by atoms with Crippen LogP contribution in [0.15, 0.2) is 24.3 Å². The Hall–Kier alpha value is -3.17. The maximum atomic E-state index is 13.4. The zero-order chi connectivity index (χ0) is 29.0. The lowest BCUT2D eigenvalue weighted by Crippen LogP contribution is -2.56. The third-order valence-corrected chi connectivity index (χ3v) is 6.92. The normalized spacial score (nSPS) is 23.6. The number of halogens is 3. The van der Waals surface area contributed by atoms with Gasteiger partial charge in [0.15, 0.2) is 0 Å². The molecule has 1 aromatic carbocycles. The molecule has 0 radical (unpaired) electrons. The van der Waals surface area contributed by atoms with Gasteiger partial charge in [-0.2, -0.15) is 18.4 Å². The van der Waals surface area contributed by atoms with Gasteiger partial charge >= 0.3 is 12.3 Å². The molecule has 5 atom stereocenters. The molecular weight excluding hydrogens is 515 g/mol. The van der Waals surface area contributed by atoms with Crippen LogP contribution >= 0.6 is 0 Å². The van der Waals surface area contributed by atoms with E-state index in [1.165, 1.54) is 17.0 Å². The van der Waals surface area contributed by atoms with Gasteiger partial charge in [-0.05, 0) is 64.7 Å². The predicted molar refractivity (Wildman–Crippen MR) is 136 cm³/mol. The molecule has 3 rings (SSSR count). The van der Waals surface area contributed by atoms with E-state index >= 15 is 0 Å². The number of alkyl carbamates (subject to hydrolysis) is 1. The molecule has 2 N–H and O–H groups in total. The van der Waals surface area contributed by atoms with Gasteiger partial charge in [0.05, 0.1) is 17.7 Å².